The average Bonchev–Trinajstić information content (AvgIpc) is 2.38. The van der Waals surface area contributed by atoms with Crippen LogP contribution >= 0.6 is 0 Å². The van der Waals surface area contributed by atoms with E-state index in [0.717, 1.165) is 17.9 Å². The fourth-order valence-electron chi connectivity index (χ4n) is 2.25. The Hall–Kier alpha value is -1.13. The van der Waals surface area contributed by atoms with Gasteiger partial charge in [0.15, 0.2) is 0 Å². The molecular formula is C13H21N3O. The van der Waals surface area contributed by atoms with Gasteiger partial charge in [-0.3, -0.25) is 4.98 Å². The molecule has 0 radical (unpaired) electrons. The van der Waals surface area contributed by atoms with E-state index in [1.165, 1.54) is 25.8 Å². The number of nitrogens with two attached hydrogens (primary N) is 1. The molecule has 0 saturated carbocycles. The first-order valence-corrected chi connectivity index (χ1v) is 6.27. The highest BCUT2D eigenvalue weighted by molar-refractivity contribution is 5.29. The Morgan fingerprint density at radius 2 is 2.41 bits per heavy atom. The van der Waals surface area contributed by atoms with Gasteiger partial charge in [0, 0.05) is 24.3 Å². The normalized spacial score (nSPS) is 21.4. The van der Waals surface area contributed by atoms with Gasteiger partial charge < -0.3 is 15.4 Å². The molecule has 0 amide bonds. The highest BCUT2D eigenvalue weighted by Gasteiger charge is 2.19. The molecule has 0 bridgehead atoms. The number of piperidine rings is 1. The van der Waals surface area contributed by atoms with E-state index < -0.39 is 0 Å². The standard InChI is InChI=1S/C13H21N3O/c1-16-7-3-2-4-12(16)10-17-13-9-15-6-5-11(13)8-14/h5-6,9,12H,2-4,7-8,10,14H2,1H3/t12-/m0/s1. The van der Waals surface area contributed by atoms with Crippen molar-refractivity contribution in [3.05, 3.63) is 24.0 Å². The van der Waals surface area contributed by atoms with Crippen molar-refractivity contribution in [1.29, 1.82) is 0 Å². The number of likely N-dealkylation sites (N-methyl/N-ethyl adjacent to an activating group) is 1. The zero-order valence-electron chi connectivity index (χ0n) is 10.4. The van der Waals surface area contributed by atoms with Crippen LogP contribution in [0.2, 0.25) is 0 Å². The lowest BCUT2D eigenvalue weighted by Crippen LogP contribution is -2.40. The summed E-state index contributed by atoms with van der Waals surface area (Å²) < 4.78 is 5.85. The number of hydrogen-bond donors (Lipinski definition) is 1. The van der Waals surface area contributed by atoms with E-state index in [-0.39, 0.29) is 0 Å². The van der Waals surface area contributed by atoms with E-state index in [9.17, 15) is 0 Å². The number of nitrogens with zero attached hydrogens (tertiary/aromatic N) is 2. The molecule has 0 aromatic carbocycles. The number of pyridine rings is 1. The number of aromatic nitrogens is 1. The summed E-state index contributed by atoms with van der Waals surface area (Å²) in [6, 6.07) is 2.44. The maximum absolute atomic E-state index is 5.85. The molecule has 2 heterocycles. The van der Waals surface area contributed by atoms with Gasteiger partial charge in [0.1, 0.15) is 12.4 Å². The molecule has 94 valence electrons. The van der Waals surface area contributed by atoms with E-state index in [1.54, 1.807) is 12.4 Å². The molecule has 2 rings (SSSR count). The van der Waals surface area contributed by atoms with Crippen molar-refractivity contribution < 1.29 is 4.74 Å². The molecule has 0 unspecified atom stereocenters. The molecule has 1 aromatic rings. The third-order valence-electron chi connectivity index (χ3n) is 3.44. The van der Waals surface area contributed by atoms with E-state index in [1.807, 2.05) is 6.07 Å². The van der Waals surface area contributed by atoms with Crippen LogP contribution in [0.25, 0.3) is 0 Å². The summed E-state index contributed by atoms with van der Waals surface area (Å²) in [5.74, 6) is 0.828. The second-order valence-corrected chi connectivity index (χ2v) is 4.63. The molecule has 1 aliphatic heterocycles. The summed E-state index contributed by atoms with van der Waals surface area (Å²) in [6.07, 6.45) is 7.32. The molecule has 4 heteroatoms. The minimum absolute atomic E-state index is 0.498. The van der Waals surface area contributed by atoms with Gasteiger partial charge in [-0.05, 0) is 32.5 Å². The highest BCUT2D eigenvalue weighted by atomic mass is 16.5. The van der Waals surface area contributed by atoms with Crippen molar-refractivity contribution in [2.75, 3.05) is 20.2 Å². The van der Waals surface area contributed by atoms with E-state index in [2.05, 4.69) is 16.9 Å². The van der Waals surface area contributed by atoms with Crippen LogP contribution in [-0.4, -0.2) is 36.1 Å². The quantitative estimate of drug-likeness (QED) is 0.857. The highest BCUT2D eigenvalue weighted by Crippen LogP contribution is 2.19. The summed E-state index contributed by atoms with van der Waals surface area (Å²) >= 11 is 0. The van der Waals surface area contributed by atoms with Gasteiger partial charge in [-0.2, -0.15) is 0 Å². The third-order valence-corrected chi connectivity index (χ3v) is 3.44. The fraction of sp³-hybridized carbons (Fsp3) is 0.615. The molecule has 0 aliphatic carbocycles. The summed E-state index contributed by atoms with van der Waals surface area (Å²) in [5.41, 5.74) is 6.69. The Morgan fingerprint density at radius 1 is 1.53 bits per heavy atom. The van der Waals surface area contributed by atoms with Crippen molar-refractivity contribution in [2.24, 2.45) is 5.73 Å². The number of hydrogen-bond acceptors (Lipinski definition) is 4. The lowest BCUT2D eigenvalue weighted by molar-refractivity contribution is 0.124. The van der Waals surface area contributed by atoms with Crippen molar-refractivity contribution in [3.63, 3.8) is 0 Å². The zero-order valence-corrected chi connectivity index (χ0v) is 10.4. The number of likely N-dealkylation sites (tertiary alicyclic amines) is 1. The zero-order chi connectivity index (χ0) is 12.1. The van der Waals surface area contributed by atoms with Crippen molar-refractivity contribution in [2.45, 2.75) is 31.8 Å². The Kier molecular flexibility index (Phi) is 4.34. The number of rotatable bonds is 4. The van der Waals surface area contributed by atoms with Gasteiger partial charge in [-0.1, -0.05) is 6.42 Å². The van der Waals surface area contributed by atoms with Gasteiger partial charge in [-0.15, -0.1) is 0 Å². The van der Waals surface area contributed by atoms with Crippen molar-refractivity contribution >= 4 is 0 Å². The molecule has 0 spiro atoms. The maximum atomic E-state index is 5.85. The summed E-state index contributed by atoms with van der Waals surface area (Å²) in [4.78, 5) is 6.46. The Morgan fingerprint density at radius 3 is 3.18 bits per heavy atom. The van der Waals surface area contributed by atoms with Crippen molar-refractivity contribution in [1.82, 2.24) is 9.88 Å². The lowest BCUT2D eigenvalue weighted by atomic mass is 10.0. The molecule has 17 heavy (non-hydrogen) atoms. The molecule has 4 nitrogen and oxygen atoms in total. The predicted octanol–water partition coefficient (Wildman–Crippen LogP) is 1.40. The van der Waals surface area contributed by atoms with Crippen LogP contribution in [0.1, 0.15) is 24.8 Å². The van der Waals surface area contributed by atoms with E-state index >= 15 is 0 Å². The second-order valence-electron chi connectivity index (χ2n) is 4.63. The molecule has 1 aromatic heterocycles. The predicted molar refractivity (Wildman–Crippen MR) is 67.9 cm³/mol. The molecule has 1 fully saturated rings. The minimum Gasteiger partial charge on any atom is -0.490 e. The second kappa shape index (κ2) is 5.98. The monoisotopic (exact) mass is 235 g/mol. The van der Waals surface area contributed by atoms with Gasteiger partial charge in [0.2, 0.25) is 0 Å². The Bertz CT molecular complexity index is 356. The first-order valence-electron chi connectivity index (χ1n) is 6.27. The summed E-state index contributed by atoms with van der Waals surface area (Å²) in [7, 11) is 2.17. The van der Waals surface area contributed by atoms with Crippen LogP contribution in [0, 0.1) is 0 Å². The Labute approximate surface area is 103 Å². The summed E-state index contributed by atoms with van der Waals surface area (Å²) in [6.45, 7) is 2.40. The lowest BCUT2D eigenvalue weighted by Gasteiger charge is -2.32. The average molecular weight is 235 g/mol. The minimum atomic E-state index is 0.498. The van der Waals surface area contributed by atoms with E-state index in [4.69, 9.17) is 10.5 Å². The van der Waals surface area contributed by atoms with Gasteiger partial charge in [0.05, 0.1) is 6.20 Å². The SMILES string of the molecule is CN1CCCC[C@H]1COc1cnccc1CN. The fourth-order valence-corrected chi connectivity index (χ4v) is 2.25. The first kappa shape index (κ1) is 12.3. The van der Waals surface area contributed by atoms with Gasteiger partial charge >= 0.3 is 0 Å². The molecule has 1 saturated heterocycles. The van der Waals surface area contributed by atoms with Gasteiger partial charge in [-0.25, -0.2) is 0 Å². The van der Waals surface area contributed by atoms with Crippen LogP contribution in [0.4, 0.5) is 0 Å². The van der Waals surface area contributed by atoms with Crippen molar-refractivity contribution in [3.8, 4) is 5.75 Å². The summed E-state index contributed by atoms with van der Waals surface area (Å²) in [5, 5.41) is 0. The van der Waals surface area contributed by atoms with Crippen LogP contribution in [0.15, 0.2) is 18.5 Å². The first-order chi connectivity index (χ1) is 8.31. The number of ether oxygens (including phenoxy) is 1. The molecular weight excluding hydrogens is 214 g/mol. The molecule has 2 N–H and O–H groups in total. The van der Waals surface area contributed by atoms with E-state index in [0.29, 0.717) is 12.6 Å². The largest absolute Gasteiger partial charge is 0.490 e. The maximum Gasteiger partial charge on any atom is 0.142 e. The smallest absolute Gasteiger partial charge is 0.142 e. The van der Waals surface area contributed by atoms with Gasteiger partial charge in [0.25, 0.3) is 0 Å². The molecule has 1 aliphatic rings. The van der Waals surface area contributed by atoms with Crippen LogP contribution in [0.5, 0.6) is 5.75 Å². The topological polar surface area (TPSA) is 51.4 Å². The van der Waals surface area contributed by atoms with Crippen LogP contribution in [0.3, 0.4) is 0 Å². The molecule has 1 atom stereocenters. The van der Waals surface area contributed by atoms with Crippen LogP contribution < -0.4 is 10.5 Å². The van der Waals surface area contributed by atoms with Crippen LogP contribution in [-0.2, 0) is 6.54 Å². The third kappa shape index (κ3) is 3.17. The Balaban J connectivity index is 1.92.